The van der Waals surface area contributed by atoms with E-state index in [1.807, 2.05) is 6.07 Å². The number of halogens is 1. The molecule has 1 rings (SSSR count). The summed E-state index contributed by atoms with van der Waals surface area (Å²) in [5.74, 6) is 1.80. The third kappa shape index (κ3) is 5.40. The SMILES string of the molecule is CC(C)CC(C)Oc1cc(CCl)cc(C(C)(C)C)n1. The minimum atomic E-state index is 0.00145. The molecule has 2 nitrogen and oxygen atoms in total. The number of nitrogens with zero attached hydrogens (tertiary/aromatic N) is 1. The number of alkyl halides is 1. The minimum absolute atomic E-state index is 0.00145. The van der Waals surface area contributed by atoms with Crippen LogP contribution in [0.4, 0.5) is 0 Å². The number of ether oxygens (including phenoxy) is 1. The summed E-state index contributed by atoms with van der Waals surface area (Å²) in [5, 5.41) is 0. The highest BCUT2D eigenvalue weighted by atomic mass is 35.5. The van der Waals surface area contributed by atoms with Crippen molar-refractivity contribution in [3.05, 3.63) is 23.4 Å². The average Bonchev–Trinajstić information content (AvgIpc) is 2.25. The van der Waals surface area contributed by atoms with Crippen molar-refractivity contribution in [2.24, 2.45) is 5.92 Å². The molecule has 108 valence electrons. The predicted octanol–water partition coefficient (Wildman–Crippen LogP) is 4.93. The van der Waals surface area contributed by atoms with Crippen LogP contribution < -0.4 is 4.74 Å². The van der Waals surface area contributed by atoms with Gasteiger partial charge in [0.15, 0.2) is 0 Å². The molecule has 0 aliphatic carbocycles. The number of pyridine rings is 1. The fourth-order valence-electron chi connectivity index (χ4n) is 2.00. The Hall–Kier alpha value is -0.760. The van der Waals surface area contributed by atoms with Gasteiger partial charge in [0.25, 0.3) is 0 Å². The summed E-state index contributed by atoms with van der Waals surface area (Å²) >= 11 is 5.96. The number of rotatable bonds is 5. The summed E-state index contributed by atoms with van der Waals surface area (Å²) < 4.78 is 5.93. The number of aromatic nitrogens is 1. The van der Waals surface area contributed by atoms with E-state index in [4.69, 9.17) is 16.3 Å². The summed E-state index contributed by atoms with van der Waals surface area (Å²) in [5.41, 5.74) is 2.09. The standard InChI is InChI=1S/C16H26ClNO/c1-11(2)7-12(3)19-15-9-13(10-17)8-14(18-15)16(4,5)6/h8-9,11-12H,7,10H2,1-6H3. The molecule has 3 heteroatoms. The molecule has 0 spiro atoms. The molecule has 0 radical (unpaired) electrons. The van der Waals surface area contributed by atoms with Crippen LogP contribution in [0.3, 0.4) is 0 Å². The van der Waals surface area contributed by atoms with Gasteiger partial charge in [-0.25, -0.2) is 4.98 Å². The zero-order chi connectivity index (χ0) is 14.6. The lowest BCUT2D eigenvalue weighted by atomic mass is 9.91. The van der Waals surface area contributed by atoms with E-state index in [1.165, 1.54) is 0 Å². The Morgan fingerprint density at radius 2 is 1.84 bits per heavy atom. The topological polar surface area (TPSA) is 22.1 Å². The molecule has 0 aromatic carbocycles. The van der Waals surface area contributed by atoms with E-state index in [1.54, 1.807) is 0 Å². The fourth-order valence-corrected chi connectivity index (χ4v) is 2.15. The monoisotopic (exact) mass is 283 g/mol. The maximum absolute atomic E-state index is 5.96. The minimum Gasteiger partial charge on any atom is -0.475 e. The number of hydrogen-bond donors (Lipinski definition) is 0. The van der Waals surface area contributed by atoms with Crippen LogP contribution in [0.1, 0.15) is 59.2 Å². The van der Waals surface area contributed by atoms with Gasteiger partial charge in [-0.1, -0.05) is 34.6 Å². The smallest absolute Gasteiger partial charge is 0.214 e. The summed E-state index contributed by atoms with van der Waals surface area (Å²) in [6, 6.07) is 4.01. The molecule has 1 aromatic rings. The van der Waals surface area contributed by atoms with E-state index in [0.717, 1.165) is 17.7 Å². The molecule has 0 aliphatic rings. The molecule has 1 heterocycles. The van der Waals surface area contributed by atoms with Crippen molar-refractivity contribution in [2.45, 2.75) is 65.4 Å². The third-order valence-corrected chi connectivity index (χ3v) is 3.22. The summed E-state index contributed by atoms with van der Waals surface area (Å²) in [6.45, 7) is 12.9. The van der Waals surface area contributed by atoms with Crippen molar-refractivity contribution in [1.29, 1.82) is 0 Å². The average molecular weight is 284 g/mol. The second-order valence-corrected chi connectivity index (χ2v) is 6.91. The lowest BCUT2D eigenvalue weighted by Gasteiger charge is -2.21. The molecule has 19 heavy (non-hydrogen) atoms. The van der Waals surface area contributed by atoms with Crippen molar-refractivity contribution in [2.75, 3.05) is 0 Å². The Balaban J connectivity index is 2.94. The molecular weight excluding hydrogens is 258 g/mol. The molecule has 0 saturated heterocycles. The first-order chi connectivity index (χ1) is 8.72. The van der Waals surface area contributed by atoms with Crippen LogP contribution >= 0.6 is 11.6 Å². The second kappa shape index (κ2) is 6.60. The van der Waals surface area contributed by atoms with Gasteiger partial charge in [0.2, 0.25) is 5.88 Å². The number of hydrogen-bond acceptors (Lipinski definition) is 2. The second-order valence-electron chi connectivity index (χ2n) is 6.64. The Labute approximate surface area is 122 Å². The van der Waals surface area contributed by atoms with E-state index < -0.39 is 0 Å². The third-order valence-electron chi connectivity index (χ3n) is 2.91. The van der Waals surface area contributed by atoms with Crippen molar-refractivity contribution in [3.8, 4) is 5.88 Å². The van der Waals surface area contributed by atoms with Crippen LogP contribution in [0.15, 0.2) is 12.1 Å². The van der Waals surface area contributed by atoms with E-state index in [-0.39, 0.29) is 11.5 Å². The van der Waals surface area contributed by atoms with Crippen molar-refractivity contribution < 1.29 is 4.74 Å². The highest BCUT2D eigenvalue weighted by Gasteiger charge is 2.18. The van der Waals surface area contributed by atoms with Gasteiger partial charge < -0.3 is 4.74 Å². The van der Waals surface area contributed by atoms with Gasteiger partial charge in [-0.3, -0.25) is 0 Å². The molecule has 0 bridgehead atoms. The Morgan fingerprint density at radius 3 is 2.32 bits per heavy atom. The first kappa shape index (κ1) is 16.3. The molecule has 1 atom stereocenters. The maximum Gasteiger partial charge on any atom is 0.214 e. The van der Waals surface area contributed by atoms with E-state index in [0.29, 0.717) is 17.7 Å². The Morgan fingerprint density at radius 1 is 1.21 bits per heavy atom. The van der Waals surface area contributed by atoms with Gasteiger partial charge >= 0.3 is 0 Å². The van der Waals surface area contributed by atoms with Gasteiger partial charge in [-0.05, 0) is 30.9 Å². The molecule has 1 unspecified atom stereocenters. The Kier molecular flexibility index (Phi) is 5.66. The van der Waals surface area contributed by atoms with Crippen LogP contribution in [-0.4, -0.2) is 11.1 Å². The first-order valence-corrected chi connectivity index (χ1v) is 7.50. The van der Waals surface area contributed by atoms with Crippen LogP contribution in [0, 0.1) is 5.92 Å². The van der Waals surface area contributed by atoms with Gasteiger partial charge in [0, 0.05) is 17.4 Å². The maximum atomic E-state index is 5.96. The molecule has 0 fully saturated rings. The normalized spacial score (nSPS) is 13.7. The van der Waals surface area contributed by atoms with E-state index in [2.05, 4.69) is 52.6 Å². The van der Waals surface area contributed by atoms with E-state index in [9.17, 15) is 0 Å². The van der Waals surface area contributed by atoms with Crippen LogP contribution in [0.25, 0.3) is 0 Å². The van der Waals surface area contributed by atoms with Gasteiger partial charge in [-0.15, -0.1) is 11.6 Å². The van der Waals surface area contributed by atoms with Crippen molar-refractivity contribution in [3.63, 3.8) is 0 Å². The van der Waals surface area contributed by atoms with Crippen molar-refractivity contribution >= 4 is 11.6 Å². The molecule has 1 aromatic heterocycles. The quantitative estimate of drug-likeness (QED) is 0.715. The molecule has 0 N–H and O–H groups in total. The largest absolute Gasteiger partial charge is 0.475 e. The fraction of sp³-hybridized carbons (Fsp3) is 0.688. The van der Waals surface area contributed by atoms with Gasteiger partial charge in [0.1, 0.15) is 0 Å². The predicted molar refractivity (Wildman–Crippen MR) is 82.0 cm³/mol. The van der Waals surface area contributed by atoms with Crippen LogP contribution in [-0.2, 0) is 11.3 Å². The lowest BCUT2D eigenvalue weighted by molar-refractivity contribution is 0.184. The van der Waals surface area contributed by atoms with E-state index >= 15 is 0 Å². The lowest BCUT2D eigenvalue weighted by Crippen LogP contribution is -2.18. The van der Waals surface area contributed by atoms with Crippen LogP contribution in [0.2, 0.25) is 0 Å². The highest BCUT2D eigenvalue weighted by Crippen LogP contribution is 2.25. The molecule has 0 amide bonds. The summed E-state index contributed by atoms with van der Waals surface area (Å²) in [7, 11) is 0. The van der Waals surface area contributed by atoms with Crippen molar-refractivity contribution in [1.82, 2.24) is 4.98 Å². The van der Waals surface area contributed by atoms with Gasteiger partial charge in [-0.2, -0.15) is 0 Å². The zero-order valence-corrected chi connectivity index (χ0v) is 13.7. The molecule has 0 saturated carbocycles. The zero-order valence-electron chi connectivity index (χ0n) is 13.0. The summed E-state index contributed by atoms with van der Waals surface area (Å²) in [6.07, 6.45) is 1.20. The van der Waals surface area contributed by atoms with Crippen LogP contribution in [0.5, 0.6) is 5.88 Å². The first-order valence-electron chi connectivity index (χ1n) is 6.96. The Bertz CT molecular complexity index is 410. The molecular formula is C16H26ClNO. The summed E-state index contributed by atoms with van der Waals surface area (Å²) in [4.78, 5) is 4.62. The highest BCUT2D eigenvalue weighted by molar-refractivity contribution is 6.17. The van der Waals surface area contributed by atoms with Gasteiger partial charge in [0.05, 0.1) is 11.8 Å². The molecule has 0 aliphatic heterocycles.